The van der Waals surface area contributed by atoms with E-state index in [0.717, 1.165) is 58.1 Å². The van der Waals surface area contributed by atoms with Gasteiger partial charge in [-0.25, -0.2) is 13.4 Å². The van der Waals surface area contributed by atoms with Gasteiger partial charge < -0.3 is 5.32 Å². The molecule has 1 aliphatic rings. The first-order chi connectivity index (χ1) is 15.8. The summed E-state index contributed by atoms with van der Waals surface area (Å²) < 4.78 is 24.6. The van der Waals surface area contributed by atoms with E-state index in [2.05, 4.69) is 23.2 Å². The van der Waals surface area contributed by atoms with E-state index < -0.39 is 9.84 Å². The highest BCUT2D eigenvalue weighted by Gasteiger charge is 2.27. The van der Waals surface area contributed by atoms with Crippen LogP contribution in [-0.2, 0) is 22.8 Å². The van der Waals surface area contributed by atoms with Crippen molar-refractivity contribution in [2.24, 2.45) is 0 Å². The fraction of sp³-hybridized carbons (Fsp3) is 0.250. The van der Waals surface area contributed by atoms with Crippen LogP contribution in [0.25, 0.3) is 20.8 Å². The second-order valence-corrected chi connectivity index (χ2v) is 12.2. The second kappa shape index (κ2) is 9.75. The highest BCUT2D eigenvalue weighted by atomic mass is 35.5. The number of nitrogens with zero attached hydrogens (tertiary/aromatic N) is 2. The summed E-state index contributed by atoms with van der Waals surface area (Å²) in [7, 11) is -3.31. The third-order valence-corrected chi connectivity index (χ3v) is 9.18. The number of sulfone groups is 1. The molecule has 0 saturated heterocycles. The normalized spacial score (nSPS) is 13.9. The number of rotatable bonds is 5. The fourth-order valence-electron chi connectivity index (χ4n) is 4.05. The molecule has 34 heavy (non-hydrogen) atoms. The van der Waals surface area contributed by atoms with Gasteiger partial charge in [0.2, 0.25) is 0 Å². The second-order valence-electron chi connectivity index (χ2n) is 8.06. The molecule has 0 aliphatic carbocycles. The van der Waals surface area contributed by atoms with E-state index >= 15 is 0 Å². The van der Waals surface area contributed by atoms with Gasteiger partial charge in [0.15, 0.2) is 9.84 Å². The molecule has 4 aromatic rings. The number of benzene rings is 2. The molecule has 0 atom stereocenters. The van der Waals surface area contributed by atoms with Crippen molar-refractivity contribution >= 4 is 66.0 Å². The predicted octanol–water partition coefficient (Wildman–Crippen LogP) is 5.48. The third-order valence-electron chi connectivity index (χ3n) is 5.86. The lowest BCUT2D eigenvalue weighted by Crippen LogP contribution is -2.29. The smallest absolute Gasteiger partial charge is 0.256 e. The number of aromatic nitrogens is 1. The van der Waals surface area contributed by atoms with Crippen molar-refractivity contribution in [3.05, 3.63) is 64.5 Å². The Morgan fingerprint density at radius 1 is 1.12 bits per heavy atom. The molecule has 2 aromatic carbocycles. The van der Waals surface area contributed by atoms with Crippen molar-refractivity contribution < 1.29 is 13.2 Å². The van der Waals surface area contributed by atoms with Crippen molar-refractivity contribution in [1.82, 2.24) is 9.88 Å². The number of amides is 1. The SMILES string of the molecule is CCN1CCc2c(sc(NC(=O)c3ccc(S(C)(=O)=O)cc3)c2-c2nc3ccccc3s2)C1.Cl. The lowest BCUT2D eigenvalue weighted by atomic mass is 10.0. The van der Waals surface area contributed by atoms with Gasteiger partial charge in [-0.05, 0) is 54.9 Å². The van der Waals surface area contributed by atoms with Crippen LogP contribution < -0.4 is 5.32 Å². The molecule has 0 spiro atoms. The molecule has 6 nitrogen and oxygen atoms in total. The maximum absolute atomic E-state index is 13.1. The average molecular weight is 534 g/mol. The Morgan fingerprint density at radius 2 is 1.85 bits per heavy atom. The summed E-state index contributed by atoms with van der Waals surface area (Å²) >= 11 is 3.25. The van der Waals surface area contributed by atoms with Crippen LogP contribution in [0.3, 0.4) is 0 Å². The highest BCUT2D eigenvalue weighted by molar-refractivity contribution is 7.90. The number of hydrogen-bond donors (Lipinski definition) is 1. The lowest BCUT2D eigenvalue weighted by Gasteiger charge is -2.25. The zero-order valence-corrected chi connectivity index (χ0v) is 22.0. The number of hydrogen-bond acceptors (Lipinski definition) is 7. The van der Waals surface area contributed by atoms with Crippen LogP contribution in [0.2, 0.25) is 0 Å². The first kappa shape index (κ1) is 24.8. The number of carbonyl (C=O) groups is 1. The summed E-state index contributed by atoms with van der Waals surface area (Å²) in [6, 6.07) is 14.1. The van der Waals surface area contributed by atoms with Crippen LogP contribution in [0.4, 0.5) is 5.00 Å². The number of anilines is 1. The van der Waals surface area contributed by atoms with Gasteiger partial charge in [0.25, 0.3) is 5.91 Å². The van der Waals surface area contributed by atoms with Crippen LogP contribution in [0.15, 0.2) is 53.4 Å². The molecule has 178 valence electrons. The van der Waals surface area contributed by atoms with E-state index in [1.165, 1.54) is 22.6 Å². The molecular weight excluding hydrogens is 510 g/mol. The van der Waals surface area contributed by atoms with Crippen molar-refractivity contribution in [2.75, 3.05) is 24.7 Å². The summed E-state index contributed by atoms with van der Waals surface area (Å²) in [6.07, 6.45) is 2.08. The van der Waals surface area contributed by atoms with E-state index in [1.807, 2.05) is 18.2 Å². The molecule has 0 bridgehead atoms. The highest BCUT2D eigenvalue weighted by Crippen LogP contribution is 2.45. The van der Waals surface area contributed by atoms with Gasteiger partial charge in [-0.1, -0.05) is 19.1 Å². The van der Waals surface area contributed by atoms with Gasteiger partial charge in [0.05, 0.1) is 15.1 Å². The van der Waals surface area contributed by atoms with Crippen molar-refractivity contribution in [2.45, 2.75) is 24.8 Å². The monoisotopic (exact) mass is 533 g/mol. The molecule has 2 aromatic heterocycles. The van der Waals surface area contributed by atoms with Crippen molar-refractivity contribution in [1.29, 1.82) is 0 Å². The third kappa shape index (κ3) is 4.76. The van der Waals surface area contributed by atoms with Crippen LogP contribution >= 0.6 is 35.1 Å². The Morgan fingerprint density at radius 3 is 2.53 bits per heavy atom. The predicted molar refractivity (Wildman–Crippen MR) is 142 cm³/mol. The minimum absolute atomic E-state index is 0. The topological polar surface area (TPSA) is 79.4 Å². The van der Waals surface area contributed by atoms with Gasteiger partial charge in [-0.2, -0.15) is 0 Å². The summed E-state index contributed by atoms with van der Waals surface area (Å²) in [6.45, 7) is 5.00. The maximum atomic E-state index is 13.1. The number of nitrogens with one attached hydrogen (secondary N) is 1. The van der Waals surface area contributed by atoms with E-state index in [0.29, 0.717) is 5.56 Å². The molecule has 0 unspecified atom stereocenters. The lowest BCUT2D eigenvalue weighted by molar-refractivity contribution is 0.102. The number of carbonyl (C=O) groups excluding carboxylic acids is 1. The van der Waals surface area contributed by atoms with Crippen LogP contribution in [0.5, 0.6) is 0 Å². The molecule has 1 aliphatic heterocycles. The number of fused-ring (bicyclic) bond motifs is 2. The Hall–Kier alpha value is -2.30. The maximum Gasteiger partial charge on any atom is 0.256 e. The summed E-state index contributed by atoms with van der Waals surface area (Å²) in [5.41, 5.74) is 3.66. The fourth-order valence-corrected chi connectivity index (χ4v) is 7.07. The Kier molecular flexibility index (Phi) is 7.12. The first-order valence-corrected chi connectivity index (χ1v) is 14.2. The Labute approximate surface area is 213 Å². The quantitative estimate of drug-likeness (QED) is 0.367. The molecule has 3 heterocycles. The van der Waals surface area contributed by atoms with Gasteiger partial charge in [-0.15, -0.1) is 35.1 Å². The molecule has 1 N–H and O–H groups in total. The Bertz CT molecular complexity index is 1430. The molecule has 0 radical (unpaired) electrons. The summed E-state index contributed by atoms with van der Waals surface area (Å²) in [5, 5.41) is 4.81. The number of halogens is 1. The summed E-state index contributed by atoms with van der Waals surface area (Å²) in [4.78, 5) is 21.8. The minimum atomic E-state index is -3.31. The van der Waals surface area contributed by atoms with Crippen LogP contribution in [-0.4, -0.2) is 43.6 Å². The van der Waals surface area contributed by atoms with E-state index in [4.69, 9.17) is 4.98 Å². The molecule has 1 amide bonds. The van der Waals surface area contributed by atoms with Crippen molar-refractivity contribution in [3.63, 3.8) is 0 Å². The molecular formula is C24H24ClN3O3S3. The largest absolute Gasteiger partial charge is 0.313 e. The summed E-state index contributed by atoms with van der Waals surface area (Å²) in [5.74, 6) is -0.261. The van der Waals surface area contributed by atoms with E-state index in [1.54, 1.807) is 34.8 Å². The molecule has 10 heteroatoms. The van der Waals surface area contributed by atoms with Crippen LogP contribution in [0, 0.1) is 0 Å². The zero-order valence-electron chi connectivity index (χ0n) is 18.7. The molecule has 5 rings (SSSR count). The zero-order chi connectivity index (χ0) is 23.2. The van der Waals surface area contributed by atoms with Crippen LogP contribution in [0.1, 0.15) is 27.7 Å². The molecule has 0 saturated carbocycles. The average Bonchev–Trinajstić information content (AvgIpc) is 3.38. The van der Waals surface area contributed by atoms with Gasteiger partial charge in [0, 0.05) is 35.3 Å². The van der Waals surface area contributed by atoms with E-state index in [-0.39, 0.29) is 23.2 Å². The first-order valence-electron chi connectivity index (χ1n) is 10.7. The number of para-hydroxylation sites is 1. The number of thiophene rings is 1. The van der Waals surface area contributed by atoms with Gasteiger partial charge in [0.1, 0.15) is 10.0 Å². The van der Waals surface area contributed by atoms with Crippen molar-refractivity contribution in [3.8, 4) is 10.6 Å². The molecule has 0 fully saturated rings. The Balaban J connectivity index is 0.00000274. The number of thiazole rings is 1. The minimum Gasteiger partial charge on any atom is -0.313 e. The van der Waals surface area contributed by atoms with Gasteiger partial charge >= 0.3 is 0 Å². The standard InChI is InChI=1S/C24H23N3O3S3.ClH/c1-3-27-13-12-17-20(14-27)32-24(21(17)23-25-18-6-4-5-7-19(18)31-23)26-22(28)15-8-10-16(11-9-15)33(2,29)30;/h4-11H,3,12-14H2,1-2H3,(H,26,28);1H. The van der Waals surface area contributed by atoms with Gasteiger partial charge in [-0.3, -0.25) is 9.69 Å². The van der Waals surface area contributed by atoms with E-state index in [9.17, 15) is 13.2 Å². The number of likely N-dealkylation sites (N-methyl/N-ethyl adjacent to an activating group) is 1.